The Morgan fingerprint density at radius 2 is 1.89 bits per heavy atom. The molecule has 1 aromatic rings. The Morgan fingerprint density at radius 1 is 1.33 bits per heavy atom. The standard InChI is InChI=1S/C14H22N2O2/c1-9-7-10(2)13(11(3)8-9)12(4)16-5-6-18-14(15)17/h7-8,12,16H,5-6H2,1-4H3,(H2,15,17). The number of hydrogen-bond donors (Lipinski definition) is 2. The van der Waals surface area contributed by atoms with Gasteiger partial charge in [0, 0.05) is 12.6 Å². The summed E-state index contributed by atoms with van der Waals surface area (Å²) in [6.45, 7) is 9.33. The highest BCUT2D eigenvalue weighted by molar-refractivity contribution is 5.64. The summed E-state index contributed by atoms with van der Waals surface area (Å²) in [5.74, 6) is 0. The number of hydrogen-bond acceptors (Lipinski definition) is 3. The average Bonchev–Trinajstić information content (AvgIpc) is 2.22. The van der Waals surface area contributed by atoms with Gasteiger partial charge in [0.15, 0.2) is 0 Å². The molecule has 18 heavy (non-hydrogen) atoms. The van der Waals surface area contributed by atoms with Gasteiger partial charge in [0.2, 0.25) is 0 Å². The van der Waals surface area contributed by atoms with Gasteiger partial charge < -0.3 is 15.8 Å². The fraction of sp³-hybridized carbons (Fsp3) is 0.500. The predicted octanol–water partition coefficient (Wildman–Crippen LogP) is 2.36. The van der Waals surface area contributed by atoms with Crippen LogP contribution < -0.4 is 11.1 Å². The van der Waals surface area contributed by atoms with Crippen LogP contribution >= 0.6 is 0 Å². The predicted molar refractivity (Wildman–Crippen MR) is 72.6 cm³/mol. The third-order valence-electron chi connectivity index (χ3n) is 2.97. The molecule has 0 radical (unpaired) electrons. The number of nitrogens with one attached hydrogen (secondary N) is 1. The molecule has 0 saturated carbocycles. The number of nitrogens with two attached hydrogens (primary N) is 1. The van der Waals surface area contributed by atoms with Gasteiger partial charge in [-0.3, -0.25) is 0 Å². The van der Waals surface area contributed by atoms with Crippen LogP contribution in [0.3, 0.4) is 0 Å². The molecule has 100 valence electrons. The summed E-state index contributed by atoms with van der Waals surface area (Å²) in [7, 11) is 0. The summed E-state index contributed by atoms with van der Waals surface area (Å²) in [5, 5.41) is 3.32. The zero-order valence-corrected chi connectivity index (χ0v) is 11.5. The topological polar surface area (TPSA) is 64.3 Å². The maximum absolute atomic E-state index is 10.4. The maximum atomic E-state index is 10.4. The Kier molecular flexibility index (Phi) is 5.16. The van der Waals surface area contributed by atoms with E-state index in [1.54, 1.807) is 0 Å². The van der Waals surface area contributed by atoms with Crippen molar-refractivity contribution in [3.8, 4) is 0 Å². The van der Waals surface area contributed by atoms with Crippen LogP contribution in [0.2, 0.25) is 0 Å². The number of benzene rings is 1. The lowest BCUT2D eigenvalue weighted by Gasteiger charge is -2.19. The number of amides is 1. The van der Waals surface area contributed by atoms with Crippen LogP contribution in [0.15, 0.2) is 12.1 Å². The van der Waals surface area contributed by atoms with Crippen molar-refractivity contribution < 1.29 is 9.53 Å². The van der Waals surface area contributed by atoms with E-state index in [-0.39, 0.29) is 6.04 Å². The molecular weight excluding hydrogens is 228 g/mol. The molecule has 4 heteroatoms. The summed E-state index contributed by atoms with van der Waals surface area (Å²) < 4.78 is 4.68. The van der Waals surface area contributed by atoms with Crippen molar-refractivity contribution in [1.29, 1.82) is 0 Å². The van der Waals surface area contributed by atoms with Gasteiger partial charge in [0.05, 0.1) is 0 Å². The molecule has 0 spiro atoms. The van der Waals surface area contributed by atoms with E-state index in [9.17, 15) is 4.79 Å². The van der Waals surface area contributed by atoms with Crippen molar-refractivity contribution in [3.05, 3.63) is 34.4 Å². The number of ether oxygens (including phenoxy) is 1. The number of primary amides is 1. The van der Waals surface area contributed by atoms with Gasteiger partial charge in [0.1, 0.15) is 6.61 Å². The van der Waals surface area contributed by atoms with E-state index in [1.807, 2.05) is 0 Å². The van der Waals surface area contributed by atoms with Crippen molar-refractivity contribution in [3.63, 3.8) is 0 Å². The quantitative estimate of drug-likeness (QED) is 0.788. The third-order valence-corrected chi connectivity index (χ3v) is 2.97. The highest BCUT2D eigenvalue weighted by Crippen LogP contribution is 2.22. The summed E-state index contributed by atoms with van der Waals surface area (Å²) in [6.07, 6.45) is -0.729. The summed E-state index contributed by atoms with van der Waals surface area (Å²) in [6, 6.07) is 4.59. The lowest BCUT2D eigenvalue weighted by atomic mass is 9.95. The van der Waals surface area contributed by atoms with Crippen molar-refractivity contribution in [2.75, 3.05) is 13.2 Å². The molecule has 0 aromatic heterocycles. The molecule has 0 heterocycles. The highest BCUT2D eigenvalue weighted by atomic mass is 16.5. The summed E-state index contributed by atoms with van der Waals surface area (Å²) >= 11 is 0. The fourth-order valence-corrected chi connectivity index (χ4v) is 2.40. The van der Waals surface area contributed by atoms with Gasteiger partial charge in [-0.1, -0.05) is 17.7 Å². The minimum atomic E-state index is -0.729. The summed E-state index contributed by atoms with van der Waals surface area (Å²) in [5.41, 5.74) is 10.0. The second-order valence-electron chi connectivity index (χ2n) is 4.66. The van der Waals surface area contributed by atoms with Crippen LogP contribution in [-0.2, 0) is 4.74 Å². The Bertz CT molecular complexity index is 407. The van der Waals surface area contributed by atoms with E-state index in [1.165, 1.54) is 22.3 Å². The molecule has 0 saturated heterocycles. The largest absolute Gasteiger partial charge is 0.448 e. The average molecular weight is 250 g/mol. The van der Waals surface area contributed by atoms with E-state index in [2.05, 4.69) is 49.9 Å². The van der Waals surface area contributed by atoms with Crippen molar-refractivity contribution >= 4 is 6.09 Å². The lowest BCUT2D eigenvalue weighted by molar-refractivity contribution is 0.156. The third kappa shape index (κ3) is 4.04. The Labute approximate surface area is 109 Å². The SMILES string of the molecule is Cc1cc(C)c(C(C)NCCOC(N)=O)c(C)c1. The van der Waals surface area contributed by atoms with E-state index in [0.717, 1.165) is 0 Å². The zero-order chi connectivity index (χ0) is 13.7. The van der Waals surface area contributed by atoms with E-state index < -0.39 is 6.09 Å². The zero-order valence-electron chi connectivity index (χ0n) is 11.5. The highest BCUT2D eigenvalue weighted by Gasteiger charge is 2.11. The second-order valence-corrected chi connectivity index (χ2v) is 4.66. The smallest absolute Gasteiger partial charge is 0.404 e. The first-order valence-corrected chi connectivity index (χ1v) is 6.15. The monoisotopic (exact) mass is 250 g/mol. The van der Waals surface area contributed by atoms with Crippen molar-refractivity contribution in [2.24, 2.45) is 5.73 Å². The molecule has 0 aliphatic rings. The van der Waals surface area contributed by atoms with Crippen molar-refractivity contribution in [2.45, 2.75) is 33.7 Å². The first kappa shape index (κ1) is 14.5. The lowest BCUT2D eigenvalue weighted by Crippen LogP contribution is -2.26. The molecule has 1 atom stereocenters. The summed E-state index contributed by atoms with van der Waals surface area (Å²) in [4.78, 5) is 10.4. The fourth-order valence-electron chi connectivity index (χ4n) is 2.40. The molecule has 0 aliphatic carbocycles. The number of aryl methyl sites for hydroxylation is 3. The minimum Gasteiger partial charge on any atom is -0.448 e. The Hall–Kier alpha value is -1.55. The molecule has 0 bridgehead atoms. The van der Waals surface area contributed by atoms with Crippen LogP contribution in [0.1, 0.15) is 35.2 Å². The Balaban J connectivity index is 2.61. The minimum absolute atomic E-state index is 0.224. The molecule has 1 rings (SSSR count). The molecule has 1 aromatic carbocycles. The molecule has 4 nitrogen and oxygen atoms in total. The van der Waals surface area contributed by atoms with E-state index in [0.29, 0.717) is 13.2 Å². The van der Waals surface area contributed by atoms with Crippen LogP contribution in [0.5, 0.6) is 0 Å². The Morgan fingerprint density at radius 3 is 2.39 bits per heavy atom. The second kappa shape index (κ2) is 6.40. The van der Waals surface area contributed by atoms with Gasteiger partial charge in [-0.15, -0.1) is 0 Å². The first-order chi connectivity index (χ1) is 8.41. The van der Waals surface area contributed by atoms with E-state index >= 15 is 0 Å². The van der Waals surface area contributed by atoms with Gasteiger partial charge in [-0.25, -0.2) is 4.79 Å². The first-order valence-electron chi connectivity index (χ1n) is 6.15. The van der Waals surface area contributed by atoms with Gasteiger partial charge in [0.25, 0.3) is 0 Å². The van der Waals surface area contributed by atoms with Crippen LogP contribution in [0.25, 0.3) is 0 Å². The maximum Gasteiger partial charge on any atom is 0.404 e. The van der Waals surface area contributed by atoms with Gasteiger partial charge >= 0.3 is 6.09 Å². The van der Waals surface area contributed by atoms with Crippen LogP contribution in [0, 0.1) is 20.8 Å². The molecular formula is C14H22N2O2. The van der Waals surface area contributed by atoms with E-state index in [4.69, 9.17) is 5.73 Å². The molecule has 1 amide bonds. The normalized spacial score (nSPS) is 12.2. The van der Waals surface area contributed by atoms with Gasteiger partial charge in [-0.05, 0) is 44.4 Å². The molecule has 3 N–H and O–H groups in total. The molecule has 1 unspecified atom stereocenters. The molecule has 0 fully saturated rings. The number of carbonyl (C=O) groups excluding carboxylic acids is 1. The van der Waals surface area contributed by atoms with Crippen molar-refractivity contribution in [1.82, 2.24) is 5.32 Å². The number of carbonyl (C=O) groups is 1. The molecule has 0 aliphatic heterocycles. The van der Waals surface area contributed by atoms with Crippen LogP contribution in [0.4, 0.5) is 4.79 Å². The van der Waals surface area contributed by atoms with Gasteiger partial charge in [-0.2, -0.15) is 0 Å². The van der Waals surface area contributed by atoms with Crippen LogP contribution in [-0.4, -0.2) is 19.2 Å². The number of rotatable bonds is 5.